The van der Waals surface area contributed by atoms with Crippen LogP contribution < -0.4 is 0 Å². The molecule has 10 atom stereocenters. The Morgan fingerprint density at radius 3 is 0.551 bits per heavy atom. The van der Waals surface area contributed by atoms with Crippen LogP contribution in [-0.4, -0.2) is 122 Å². The van der Waals surface area contributed by atoms with Crippen LogP contribution in [0, 0.1) is 0 Å². The van der Waals surface area contributed by atoms with Crippen molar-refractivity contribution in [3.63, 3.8) is 0 Å². The van der Waals surface area contributed by atoms with Crippen molar-refractivity contribution in [2.75, 3.05) is 13.2 Å². The van der Waals surface area contributed by atoms with E-state index in [9.17, 15) is 24.0 Å². The maximum atomic E-state index is 15.2. The van der Waals surface area contributed by atoms with Gasteiger partial charge in [-0.25, -0.2) is 0 Å². The Labute approximate surface area is 777 Å². The van der Waals surface area contributed by atoms with Crippen LogP contribution in [-0.2, 0) is 90.5 Å². The highest BCUT2D eigenvalue weighted by Crippen LogP contribution is 2.38. The van der Waals surface area contributed by atoms with E-state index in [0.717, 1.165) is 283 Å². The lowest BCUT2D eigenvalue weighted by Crippen LogP contribution is -2.67. The second kappa shape index (κ2) is 87.0. The Morgan fingerprint density at radius 2 is 0.323 bits per heavy atom. The second-order valence-electron chi connectivity index (χ2n) is 37.9. The van der Waals surface area contributed by atoms with Gasteiger partial charge in [-0.05, 0) is 51.4 Å². The third kappa shape index (κ3) is 66.6. The molecule has 0 spiro atoms. The largest absolute Gasteiger partial charge is 0.463 e. The molecule has 1 unspecified atom stereocenters. The lowest BCUT2D eigenvalue weighted by atomic mass is 9.95. The normalized spacial score (nSPS) is 18.7. The molecule has 744 valence electrons. The molecule has 0 aromatic heterocycles. The van der Waals surface area contributed by atoms with E-state index in [0.29, 0.717) is 51.4 Å². The van der Waals surface area contributed by atoms with Crippen molar-refractivity contribution in [1.82, 2.24) is 0 Å². The fourth-order valence-corrected chi connectivity index (χ4v) is 17.6. The number of hydrogen-bond donors (Lipinski definition) is 0. The third-order valence-electron chi connectivity index (χ3n) is 25.8. The fourth-order valence-electron chi connectivity index (χ4n) is 17.6. The monoisotopic (exact) mass is 1800 g/mol. The highest BCUT2D eigenvalue weighted by atomic mass is 16.8. The summed E-state index contributed by atoms with van der Waals surface area (Å²) in [7, 11) is 0. The van der Waals surface area contributed by atoms with Crippen molar-refractivity contribution >= 4 is 47.8 Å². The molecule has 2 aliphatic heterocycles. The highest BCUT2D eigenvalue weighted by molar-refractivity contribution is 5.73. The number of ether oxygens (including phenoxy) is 11. The Morgan fingerprint density at radius 1 is 0.165 bits per heavy atom. The number of esters is 8. The van der Waals surface area contributed by atoms with Gasteiger partial charge >= 0.3 is 47.8 Å². The van der Waals surface area contributed by atoms with Crippen molar-refractivity contribution in [1.29, 1.82) is 0 Å². The second-order valence-corrected chi connectivity index (χ2v) is 37.9. The van der Waals surface area contributed by atoms with E-state index in [2.05, 4.69) is 55.4 Å². The molecule has 0 N–H and O–H groups in total. The first-order valence-corrected chi connectivity index (χ1v) is 54.6. The van der Waals surface area contributed by atoms with Gasteiger partial charge < -0.3 is 52.1 Å². The van der Waals surface area contributed by atoms with Crippen LogP contribution in [0.15, 0.2) is 0 Å². The quantitative estimate of drug-likeness (QED) is 0.0312. The van der Waals surface area contributed by atoms with Gasteiger partial charge in [0.15, 0.2) is 30.7 Å². The summed E-state index contributed by atoms with van der Waals surface area (Å²) in [5.74, 6) is -4.97. The molecule has 2 saturated heterocycles. The summed E-state index contributed by atoms with van der Waals surface area (Å²) in [5, 5.41) is 0. The van der Waals surface area contributed by atoms with Crippen LogP contribution in [0.25, 0.3) is 0 Å². The van der Waals surface area contributed by atoms with Crippen molar-refractivity contribution in [2.45, 2.75) is 630 Å². The predicted molar refractivity (Wildman–Crippen MR) is 514 cm³/mol. The summed E-state index contributed by atoms with van der Waals surface area (Å²) in [6.07, 6.45) is 55.9. The van der Waals surface area contributed by atoms with Gasteiger partial charge in [-0.1, -0.05) is 466 Å². The van der Waals surface area contributed by atoms with Gasteiger partial charge in [0.2, 0.25) is 12.4 Å². The summed E-state index contributed by atoms with van der Waals surface area (Å²) < 4.78 is 74.1. The molecule has 2 fully saturated rings. The summed E-state index contributed by atoms with van der Waals surface area (Å²) in [6, 6.07) is 0. The third-order valence-corrected chi connectivity index (χ3v) is 25.8. The van der Waals surface area contributed by atoms with Crippen LogP contribution in [0.3, 0.4) is 0 Å². The van der Waals surface area contributed by atoms with Gasteiger partial charge in [-0.2, -0.15) is 0 Å². The van der Waals surface area contributed by atoms with E-state index in [-0.39, 0.29) is 51.4 Å². The number of carbonyl (C=O) groups excluding carboxylic acids is 8. The first kappa shape index (κ1) is 119. The minimum absolute atomic E-state index is 0.00746. The zero-order valence-corrected chi connectivity index (χ0v) is 83.5. The lowest BCUT2D eigenvalue weighted by Gasteiger charge is -2.48. The minimum Gasteiger partial charge on any atom is -0.463 e. The van der Waals surface area contributed by atoms with Gasteiger partial charge in [0.05, 0.1) is 0 Å². The molecule has 0 aromatic carbocycles. The number of carbonyl (C=O) groups is 8. The molecule has 2 aliphatic rings. The van der Waals surface area contributed by atoms with Crippen molar-refractivity contribution in [3.05, 3.63) is 0 Å². The average Bonchev–Trinajstić information content (AvgIpc) is 0.757. The molecule has 127 heavy (non-hydrogen) atoms. The Kier molecular flexibility index (Phi) is 81.3. The van der Waals surface area contributed by atoms with E-state index >= 15 is 14.4 Å². The Hall–Kier alpha value is -4.36. The lowest BCUT2D eigenvalue weighted by molar-refractivity contribution is -0.358. The van der Waals surface area contributed by atoms with Gasteiger partial charge in [-0.15, -0.1) is 0 Å². The maximum absolute atomic E-state index is 15.2. The number of hydrogen-bond acceptors (Lipinski definition) is 19. The molecule has 2 heterocycles. The van der Waals surface area contributed by atoms with Crippen molar-refractivity contribution in [2.24, 2.45) is 0 Å². The molecule has 2 rings (SSSR count). The minimum atomic E-state index is -1.86. The Balaban J connectivity index is 3.19. The standard InChI is InChI=1S/C108H198O19/c1-9-17-25-33-41-49-57-65-73-81-93(109)117-89-91-101(121-95(111)83-75-67-59-51-43-35-27-19-11-3)103(122-96(112)84-76-68-60-52-44-36-28-20-12-4)106(125-99(115)87-79-71-63-55-47-39-31-23-15-7)108(120-91)127-102-92(90-118-94(110)82-74-66-58-50-42-34-26-18-10-2)119-107(126-100(116)88-80-72-64-56-48-40-32-24-16-8)105(124-98(114)86-78-70-62-54-46-38-30-22-14-6)104(102)123-97(113)85-77-69-61-53-45-37-29-21-13-5/h91-92,101-108H,9-90H2,1-8H3/t91-,92-,101-,102-,103+,104+,105-,106-,107?,108-/m1/s1. The highest BCUT2D eigenvalue weighted by Gasteiger charge is 2.59. The molecule has 0 saturated carbocycles. The van der Waals surface area contributed by atoms with E-state index in [1.165, 1.54) is 128 Å². The Bertz CT molecular complexity index is 2580. The van der Waals surface area contributed by atoms with Crippen LogP contribution >= 0.6 is 0 Å². The predicted octanol–water partition coefficient (Wildman–Crippen LogP) is 30.4. The summed E-state index contributed by atoms with van der Waals surface area (Å²) in [6.45, 7) is 16.6. The van der Waals surface area contributed by atoms with Crippen molar-refractivity contribution < 1.29 is 90.5 Å². The topological polar surface area (TPSA) is 238 Å². The molecular formula is C108H198O19. The van der Waals surface area contributed by atoms with Gasteiger partial charge in [0.1, 0.15) is 31.5 Å². The molecular weight excluding hydrogens is 1600 g/mol. The van der Waals surface area contributed by atoms with Crippen LogP contribution in [0.5, 0.6) is 0 Å². The molecule has 19 nitrogen and oxygen atoms in total. The summed E-state index contributed by atoms with van der Waals surface area (Å²) >= 11 is 0. The van der Waals surface area contributed by atoms with Gasteiger partial charge in [0.25, 0.3) is 0 Å². The zero-order valence-electron chi connectivity index (χ0n) is 83.5. The van der Waals surface area contributed by atoms with Crippen LogP contribution in [0.4, 0.5) is 0 Å². The zero-order chi connectivity index (χ0) is 92.2. The van der Waals surface area contributed by atoms with Crippen LogP contribution in [0.1, 0.15) is 569 Å². The number of rotatable bonds is 92. The first-order chi connectivity index (χ1) is 62.2. The van der Waals surface area contributed by atoms with E-state index < -0.39 is 122 Å². The van der Waals surface area contributed by atoms with Crippen LogP contribution in [0.2, 0.25) is 0 Å². The summed E-state index contributed by atoms with van der Waals surface area (Å²) in [5.41, 5.74) is 0. The van der Waals surface area contributed by atoms with Gasteiger partial charge in [-0.3, -0.25) is 38.4 Å². The fraction of sp³-hybridized carbons (Fsp3) is 0.926. The first-order valence-electron chi connectivity index (χ1n) is 54.6. The SMILES string of the molecule is CCCCCCCCCCCC(=O)OC[C@H]1O[C@H](O[C@H]2[C@H](OC(=O)CCCCCCCCCCC)[C@@H](OC(=O)CCCCCCCCCCC)C(OC(=O)CCCCCCCCCCC)O[C@@H]2COC(=O)CCCCCCCCCCC)[C@H](OC(=O)CCCCCCCCCCC)[C@@H](OC(=O)CCCCCCCCCCC)[C@@H]1OC(=O)CCCCCCCCCCC. The molecule has 0 aliphatic carbocycles. The van der Waals surface area contributed by atoms with E-state index in [1.54, 1.807) is 0 Å². The molecule has 0 radical (unpaired) electrons. The smallest absolute Gasteiger partial charge is 0.308 e. The average molecular weight is 1800 g/mol. The maximum Gasteiger partial charge on any atom is 0.308 e. The molecule has 0 bridgehead atoms. The molecule has 0 amide bonds. The van der Waals surface area contributed by atoms with E-state index in [1.807, 2.05) is 0 Å². The number of unbranched alkanes of at least 4 members (excludes halogenated alkanes) is 64. The van der Waals surface area contributed by atoms with E-state index in [4.69, 9.17) is 52.1 Å². The van der Waals surface area contributed by atoms with Crippen molar-refractivity contribution in [3.8, 4) is 0 Å². The molecule has 0 aromatic rings. The van der Waals surface area contributed by atoms with Gasteiger partial charge in [0, 0.05) is 51.4 Å². The molecule has 19 heteroatoms. The summed E-state index contributed by atoms with van der Waals surface area (Å²) in [4.78, 5) is 119.